The first kappa shape index (κ1) is 9.06. The highest BCUT2D eigenvalue weighted by molar-refractivity contribution is 7.79. The van der Waals surface area contributed by atoms with Crippen molar-refractivity contribution in [2.75, 3.05) is 6.26 Å². The molecular formula is C8H11N3S. The summed E-state index contributed by atoms with van der Waals surface area (Å²) in [7, 11) is 0. The van der Waals surface area contributed by atoms with Gasteiger partial charge in [0.1, 0.15) is 5.82 Å². The van der Waals surface area contributed by atoms with Crippen LogP contribution in [0.5, 0.6) is 0 Å². The van der Waals surface area contributed by atoms with Crippen LogP contribution in [-0.4, -0.2) is 20.9 Å². The second kappa shape index (κ2) is 4.11. The molecule has 0 amide bonds. The average Bonchev–Trinajstić information content (AvgIpc) is 2.57. The molecule has 2 rings (SSSR count). The molecule has 0 saturated heterocycles. The highest BCUT2D eigenvalue weighted by Crippen LogP contribution is 2.00. The Morgan fingerprint density at radius 2 is 1.92 bits per heavy atom. The lowest BCUT2D eigenvalue weighted by atomic mass is 10.5. The van der Waals surface area contributed by atoms with Crippen LogP contribution < -0.4 is 0 Å². The van der Waals surface area contributed by atoms with Gasteiger partial charge in [0.2, 0.25) is 0 Å². The zero-order valence-corrected chi connectivity index (χ0v) is 7.99. The lowest BCUT2D eigenvalue weighted by Gasteiger charge is -1.94. The van der Waals surface area contributed by atoms with Crippen LogP contribution in [-0.2, 0) is 0 Å². The van der Waals surface area contributed by atoms with E-state index in [-0.39, 0.29) is 0 Å². The summed E-state index contributed by atoms with van der Waals surface area (Å²) in [5.74, 6) is 0.919. The summed E-state index contributed by atoms with van der Waals surface area (Å²) in [5, 5.41) is 4.07. The molecule has 0 aromatic carbocycles. The van der Waals surface area contributed by atoms with Gasteiger partial charge in [-0.1, -0.05) is 0 Å². The van der Waals surface area contributed by atoms with Gasteiger partial charge in [-0.3, -0.25) is 0 Å². The molecule has 4 heteroatoms. The highest BCUT2D eigenvalue weighted by Gasteiger charge is 1.93. The van der Waals surface area contributed by atoms with Crippen LogP contribution in [0.3, 0.4) is 0 Å². The third-order valence-electron chi connectivity index (χ3n) is 1.49. The van der Waals surface area contributed by atoms with Gasteiger partial charge in [0.25, 0.3) is 0 Å². The minimum absolute atomic E-state index is 0.919. The molecule has 12 heavy (non-hydrogen) atoms. The maximum Gasteiger partial charge on any atom is 0.127 e. The fourth-order valence-electron chi connectivity index (χ4n) is 0.986. The van der Waals surface area contributed by atoms with Gasteiger partial charge in [0, 0.05) is 6.20 Å². The molecule has 0 atom stereocenters. The predicted molar refractivity (Wildman–Crippen MR) is 52.6 cm³/mol. The first-order valence-electron chi connectivity index (χ1n) is 3.58. The van der Waals surface area contributed by atoms with Crippen molar-refractivity contribution in [1.29, 1.82) is 0 Å². The van der Waals surface area contributed by atoms with E-state index >= 15 is 0 Å². The standard InChI is InChI=1S/C7H7N3.CH4S/c1-6-8-4-2-7-3-5-9-10(6)7;1-2/h2-5H,1H3;2H,1H3. The molecule has 0 radical (unpaired) electrons. The number of thiol groups is 1. The Bertz CT molecular complexity index is 356. The van der Waals surface area contributed by atoms with Crippen LogP contribution in [0.1, 0.15) is 5.82 Å². The summed E-state index contributed by atoms with van der Waals surface area (Å²) in [5.41, 5.74) is 1.09. The van der Waals surface area contributed by atoms with E-state index in [9.17, 15) is 0 Å². The van der Waals surface area contributed by atoms with Crippen molar-refractivity contribution in [2.24, 2.45) is 0 Å². The minimum atomic E-state index is 0.919. The van der Waals surface area contributed by atoms with E-state index in [4.69, 9.17) is 0 Å². The van der Waals surface area contributed by atoms with Crippen LogP contribution in [0.4, 0.5) is 0 Å². The van der Waals surface area contributed by atoms with Gasteiger partial charge < -0.3 is 0 Å². The zero-order valence-electron chi connectivity index (χ0n) is 7.10. The smallest absolute Gasteiger partial charge is 0.127 e. The average molecular weight is 181 g/mol. The summed E-state index contributed by atoms with van der Waals surface area (Å²) in [4.78, 5) is 4.08. The monoisotopic (exact) mass is 181 g/mol. The Balaban J connectivity index is 0.000000336. The summed E-state index contributed by atoms with van der Waals surface area (Å²) in [6.07, 6.45) is 5.25. The van der Waals surface area contributed by atoms with Crippen molar-refractivity contribution >= 4 is 18.1 Å². The fourth-order valence-corrected chi connectivity index (χ4v) is 0.986. The Morgan fingerprint density at radius 3 is 2.58 bits per heavy atom. The molecule has 64 valence electrons. The molecule has 3 nitrogen and oxygen atoms in total. The Kier molecular flexibility index (Phi) is 3.10. The van der Waals surface area contributed by atoms with E-state index in [0.29, 0.717) is 0 Å². The van der Waals surface area contributed by atoms with Crippen molar-refractivity contribution in [2.45, 2.75) is 6.92 Å². The molecule has 0 aliphatic carbocycles. The molecule has 0 N–H and O–H groups in total. The summed E-state index contributed by atoms with van der Waals surface area (Å²) in [6, 6.07) is 3.88. The van der Waals surface area contributed by atoms with Crippen LogP contribution in [0.25, 0.3) is 5.52 Å². The first-order chi connectivity index (χ1) is 5.88. The normalized spacial score (nSPS) is 9.25. The number of hydrogen-bond donors (Lipinski definition) is 1. The second-order valence-electron chi connectivity index (χ2n) is 2.16. The van der Waals surface area contributed by atoms with Crippen molar-refractivity contribution in [3.8, 4) is 0 Å². The Hall–Kier alpha value is -1.03. The molecule has 2 aromatic heterocycles. The van der Waals surface area contributed by atoms with E-state index in [2.05, 4.69) is 22.7 Å². The van der Waals surface area contributed by atoms with E-state index in [0.717, 1.165) is 11.3 Å². The number of hydrogen-bond acceptors (Lipinski definition) is 3. The largest absolute Gasteiger partial charge is 0.242 e. The topological polar surface area (TPSA) is 30.2 Å². The van der Waals surface area contributed by atoms with Gasteiger partial charge in [-0.25, -0.2) is 9.50 Å². The predicted octanol–water partition coefficient (Wildman–Crippen LogP) is 1.58. The van der Waals surface area contributed by atoms with Gasteiger partial charge >= 0.3 is 0 Å². The molecule has 0 unspecified atom stereocenters. The van der Waals surface area contributed by atoms with Crippen molar-refractivity contribution in [3.05, 3.63) is 30.4 Å². The highest BCUT2D eigenvalue weighted by atomic mass is 32.1. The first-order valence-corrected chi connectivity index (χ1v) is 4.47. The van der Waals surface area contributed by atoms with E-state index in [1.807, 2.05) is 19.1 Å². The van der Waals surface area contributed by atoms with E-state index in [1.165, 1.54) is 0 Å². The zero-order chi connectivity index (χ0) is 8.97. The fraction of sp³-hybridized carbons (Fsp3) is 0.250. The number of aryl methyl sites for hydroxylation is 1. The maximum absolute atomic E-state index is 4.08. The minimum Gasteiger partial charge on any atom is -0.242 e. The second-order valence-corrected chi connectivity index (χ2v) is 2.16. The SMILES string of the molecule is CS.Cc1nccc2ccnn12. The molecule has 0 bridgehead atoms. The molecule has 0 spiro atoms. The van der Waals surface area contributed by atoms with Gasteiger partial charge in [-0.05, 0) is 25.3 Å². The molecule has 0 saturated carbocycles. The Morgan fingerprint density at radius 1 is 1.25 bits per heavy atom. The lowest BCUT2D eigenvalue weighted by Crippen LogP contribution is -1.94. The third kappa shape index (κ3) is 1.58. The number of fused-ring (bicyclic) bond motifs is 1. The quantitative estimate of drug-likeness (QED) is 0.625. The van der Waals surface area contributed by atoms with Crippen LogP contribution in [0.15, 0.2) is 24.5 Å². The summed E-state index contributed by atoms with van der Waals surface area (Å²) in [6.45, 7) is 1.93. The van der Waals surface area contributed by atoms with Crippen molar-refractivity contribution in [3.63, 3.8) is 0 Å². The van der Waals surface area contributed by atoms with Crippen LogP contribution >= 0.6 is 12.6 Å². The molecule has 0 aliphatic rings. The number of aromatic nitrogens is 3. The van der Waals surface area contributed by atoms with Gasteiger partial charge in [-0.15, -0.1) is 0 Å². The molecular weight excluding hydrogens is 170 g/mol. The van der Waals surface area contributed by atoms with E-state index in [1.54, 1.807) is 23.2 Å². The van der Waals surface area contributed by atoms with Gasteiger partial charge in [0.05, 0.1) is 11.7 Å². The van der Waals surface area contributed by atoms with Crippen LogP contribution in [0.2, 0.25) is 0 Å². The van der Waals surface area contributed by atoms with Crippen molar-refractivity contribution in [1.82, 2.24) is 14.6 Å². The third-order valence-corrected chi connectivity index (χ3v) is 1.49. The van der Waals surface area contributed by atoms with Crippen LogP contribution in [0, 0.1) is 6.92 Å². The molecule has 2 heterocycles. The molecule has 0 fully saturated rings. The van der Waals surface area contributed by atoms with Gasteiger partial charge in [-0.2, -0.15) is 17.7 Å². The summed E-state index contributed by atoms with van der Waals surface area (Å²) < 4.78 is 1.81. The summed E-state index contributed by atoms with van der Waals surface area (Å²) >= 11 is 3.53. The number of nitrogens with zero attached hydrogens (tertiary/aromatic N) is 3. The Labute approximate surface area is 76.8 Å². The van der Waals surface area contributed by atoms with E-state index < -0.39 is 0 Å². The van der Waals surface area contributed by atoms with Crippen molar-refractivity contribution < 1.29 is 0 Å². The lowest BCUT2D eigenvalue weighted by molar-refractivity contribution is 0.863. The number of rotatable bonds is 0. The van der Waals surface area contributed by atoms with Gasteiger partial charge in [0.15, 0.2) is 0 Å². The molecule has 0 aliphatic heterocycles. The molecule has 2 aromatic rings. The maximum atomic E-state index is 4.08.